The zero-order valence-electron chi connectivity index (χ0n) is 12.6. The van der Waals surface area contributed by atoms with E-state index in [4.69, 9.17) is 0 Å². The first-order valence-electron chi connectivity index (χ1n) is 7.29. The molecule has 0 atom stereocenters. The number of benzene rings is 2. The van der Waals surface area contributed by atoms with E-state index in [2.05, 4.69) is 44.0 Å². The maximum atomic E-state index is 12.2. The normalized spacial score (nSPS) is 11.2. The largest absolute Gasteiger partial charge is 0.354 e. The molecule has 0 amide bonds. The van der Waals surface area contributed by atoms with Gasteiger partial charge in [0.25, 0.3) is 0 Å². The summed E-state index contributed by atoms with van der Waals surface area (Å²) in [7, 11) is 0. The minimum Gasteiger partial charge on any atom is -0.354 e. The van der Waals surface area contributed by atoms with Crippen LogP contribution in [0.1, 0.15) is 30.9 Å². The summed E-state index contributed by atoms with van der Waals surface area (Å²) in [6, 6.07) is 15.8. The molecule has 3 rings (SSSR count). The molecule has 106 valence electrons. The van der Waals surface area contributed by atoms with Crippen LogP contribution in [0, 0.1) is 6.92 Å². The molecule has 0 aliphatic carbocycles. The van der Waals surface area contributed by atoms with Gasteiger partial charge in [0.05, 0.1) is 0 Å². The van der Waals surface area contributed by atoms with E-state index in [0.29, 0.717) is 5.92 Å². The number of nitrogens with one attached hydrogen (secondary N) is 1. The lowest BCUT2D eigenvalue weighted by Crippen LogP contribution is -2.03. The van der Waals surface area contributed by atoms with Crippen molar-refractivity contribution in [3.8, 4) is 11.3 Å². The zero-order chi connectivity index (χ0) is 15.0. The smallest absolute Gasteiger partial charge is 0.190 e. The predicted octanol–water partition coefficient (Wildman–Crippen LogP) is 4.63. The van der Waals surface area contributed by atoms with Crippen molar-refractivity contribution in [2.75, 3.05) is 0 Å². The number of rotatable bonds is 2. The molecule has 0 unspecified atom stereocenters. The molecular formula is C19H19NO. The summed E-state index contributed by atoms with van der Waals surface area (Å²) in [5, 5.41) is 0.734. The minimum absolute atomic E-state index is 0.0617. The highest BCUT2D eigenvalue weighted by molar-refractivity contribution is 5.81. The van der Waals surface area contributed by atoms with Crippen molar-refractivity contribution in [3.05, 3.63) is 69.9 Å². The highest BCUT2D eigenvalue weighted by atomic mass is 16.1. The van der Waals surface area contributed by atoms with Crippen LogP contribution in [-0.4, -0.2) is 4.98 Å². The summed E-state index contributed by atoms with van der Waals surface area (Å²) in [5.74, 6) is 0.508. The van der Waals surface area contributed by atoms with Gasteiger partial charge in [0, 0.05) is 28.2 Å². The maximum Gasteiger partial charge on any atom is 0.190 e. The first-order valence-corrected chi connectivity index (χ1v) is 7.29. The fraction of sp³-hybridized carbons (Fsp3) is 0.211. The molecule has 2 heteroatoms. The number of para-hydroxylation sites is 1. The lowest BCUT2D eigenvalue weighted by Gasteiger charge is -2.11. The molecule has 0 saturated heterocycles. The molecule has 1 N–H and O–H groups in total. The monoisotopic (exact) mass is 277 g/mol. The number of aromatic amines is 1. The molecule has 0 saturated carbocycles. The van der Waals surface area contributed by atoms with Gasteiger partial charge in [-0.2, -0.15) is 0 Å². The first-order chi connectivity index (χ1) is 10.1. The maximum absolute atomic E-state index is 12.2. The quantitative estimate of drug-likeness (QED) is 0.728. The van der Waals surface area contributed by atoms with Crippen molar-refractivity contribution < 1.29 is 0 Å². The second-order valence-electron chi connectivity index (χ2n) is 5.82. The van der Waals surface area contributed by atoms with E-state index in [1.165, 1.54) is 11.1 Å². The van der Waals surface area contributed by atoms with Crippen molar-refractivity contribution in [3.63, 3.8) is 0 Å². The van der Waals surface area contributed by atoms with Crippen LogP contribution in [0.25, 0.3) is 22.2 Å². The summed E-state index contributed by atoms with van der Waals surface area (Å²) in [6.07, 6.45) is 0. The Balaban J connectivity index is 2.19. The standard InChI is InChI=1S/C19H19NO/c1-12(2)14-8-9-15(13(3)10-14)18-11-19(21)16-6-4-5-7-17(16)20-18/h4-12H,1-3H3,(H,20,21). The lowest BCUT2D eigenvalue weighted by molar-refractivity contribution is 0.865. The predicted molar refractivity (Wildman–Crippen MR) is 88.8 cm³/mol. The van der Waals surface area contributed by atoms with Crippen LogP contribution in [-0.2, 0) is 0 Å². The molecule has 21 heavy (non-hydrogen) atoms. The number of aromatic nitrogens is 1. The molecule has 2 aromatic carbocycles. The van der Waals surface area contributed by atoms with E-state index in [0.717, 1.165) is 22.2 Å². The molecule has 1 aromatic heterocycles. The first kappa shape index (κ1) is 13.6. The van der Waals surface area contributed by atoms with E-state index >= 15 is 0 Å². The fourth-order valence-corrected chi connectivity index (χ4v) is 2.69. The topological polar surface area (TPSA) is 32.9 Å². The van der Waals surface area contributed by atoms with Crippen molar-refractivity contribution >= 4 is 10.9 Å². The van der Waals surface area contributed by atoms with Crippen LogP contribution in [0.4, 0.5) is 0 Å². The average molecular weight is 277 g/mol. The Labute approximate surface area is 124 Å². The number of aryl methyl sites for hydroxylation is 1. The second kappa shape index (κ2) is 5.21. The van der Waals surface area contributed by atoms with Crippen molar-refractivity contribution in [1.82, 2.24) is 4.98 Å². The highest BCUT2D eigenvalue weighted by Gasteiger charge is 2.08. The SMILES string of the molecule is Cc1cc(C(C)C)ccc1-c1cc(=O)c2ccccc2[nH]1. The van der Waals surface area contributed by atoms with Crippen molar-refractivity contribution in [2.24, 2.45) is 0 Å². The molecule has 0 radical (unpaired) electrons. The third-order valence-corrected chi connectivity index (χ3v) is 3.94. The lowest BCUT2D eigenvalue weighted by atomic mass is 9.96. The summed E-state index contributed by atoms with van der Waals surface area (Å²) in [4.78, 5) is 15.6. The van der Waals surface area contributed by atoms with E-state index in [1.807, 2.05) is 24.3 Å². The second-order valence-corrected chi connectivity index (χ2v) is 5.82. The molecule has 3 aromatic rings. The van der Waals surface area contributed by atoms with E-state index in [9.17, 15) is 4.79 Å². The third-order valence-electron chi connectivity index (χ3n) is 3.94. The number of pyridine rings is 1. The van der Waals surface area contributed by atoms with Gasteiger partial charge in [0.1, 0.15) is 0 Å². The average Bonchev–Trinajstić information content (AvgIpc) is 2.47. The van der Waals surface area contributed by atoms with Gasteiger partial charge in [0.2, 0.25) is 0 Å². The number of hydrogen-bond donors (Lipinski definition) is 1. The van der Waals surface area contributed by atoms with Crippen LogP contribution >= 0.6 is 0 Å². The molecule has 2 nitrogen and oxygen atoms in total. The van der Waals surface area contributed by atoms with E-state index < -0.39 is 0 Å². The number of fused-ring (bicyclic) bond motifs is 1. The summed E-state index contributed by atoms with van der Waals surface area (Å²) >= 11 is 0. The van der Waals surface area contributed by atoms with Crippen molar-refractivity contribution in [2.45, 2.75) is 26.7 Å². The third kappa shape index (κ3) is 2.49. The van der Waals surface area contributed by atoms with Crippen LogP contribution in [0.5, 0.6) is 0 Å². The highest BCUT2D eigenvalue weighted by Crippen LogP contribution is 2.25. The molecule has 0 fully saturated rings. The van der Waals surface area contributed by atoms with Gasteiger partial charge < -0.3 is 4.98 Å². The minimum atomic E-state index is 0.0617. The number of hydrogen-bond acceptors (Lipinski definition) is 1. The van der Waals surface area contributed by atoms with Gasteiger partial charge in [-0.25, -0.2) is 0 Å². The van der Waals surface area contributed by atoms with E-state index in [1.54, 1.807) is 6.07 Å². The Bertz CT molecular complexity index is 859. The van der Waals surface area contributed by atoms with Gasteiger partial charge in [-0.15, -0.1) is 0 Å². The van der Waals surface area contributed by atoms with Crippen molar-refractivity contribution in [1.29, 1.82) is 0 Å². The van der Waals surface area contributed by atoms with Crippen LogP contribution in [0.3, 0.4) is 0 Å². The fourth-order valence-electron chi connectivity index (χ4n) is 2.69. The Morgan fingerprint density at radius 1 is 1.00 bits per heavy atom. The Kier molecular flexibility index (Phi) is 3.38. The molecule has 0 spiro atoms. The molecule has 0 aliphatic rings. The summed E-state index contributed by atoms with van der Waals surface area (Å²) in [6.45, 7) is 6.47. The Morgan fingerprint density at radius 3 is 2.48 bits per heavy atom. The molecule has 1 heterocycles. The Morgan fingerprint density at radius 2 is 1.76 bits per heavy atom. The van der Waals surface area contributed by atoms with Gasteiger partial charge in [0.15, 0.2) is 5.43 Å². The van der Waals surface area contributed by atoms with Gasteiger partial charge in [-0.1, -0.05) is 44.2 Å². The molecule has 0 bridgehead atoms. The number of H-pyrrole nitrogens is 1. The van der Waals surface area contributed by atoms with Gasteiger partial charge in [-0.3, -0.25) is 4.79 Å². The molecular weight excluding hydrogens is 258 g/mol. The van der Waals surface area contributed by atoms with Crippen LogP contribution in [0.2, 0.25) is 0 Å². The van der Waals surface area contributed by atoms with Crippen LogP contribution < -0.4 is 5.43 Å². The van der Waals surface area contributed by atoms with Crippen LogP contribution in [0.15, 0.2) is 53.3 Å². The summed E-state index contributed by atoms with van der Waals surface area (Å²) in [5.41, 5.74) is 5.42. The van der Waals surface area contributed by atoms with E-state index in [-0.39, 0.29) is 5.43 Å². The zero-order valence-corrected chi connectivity index (χ0v) is 12.6. The molecule has 0 aliphatic heterocycles. The van der Waals surface area contributed by atoms with Gasteiger partial charge >= 0.3 is 0 Å². The Hall–Kier alpha value is -2.35. The summed E-state index contributed by atoms with van der Waals surface area (Å²) < 4.78 is 0. The van der Waals surface area contributed by atoms with Gasteiger partial charge in [-0.05, 0) is 36.1 Å².